The standard InChI is InChI=1S/C14H12N2O2S/c1-9(12-6-3-7-19-12)16-8-15-13-10(14(17)18)4-2-5-11(13)16/h2-9H,1H3,(H,17,18). The predicted molar refractivity (Wildman–Crippen MR) is 74.8 cm³/mol. The molecule has 1 aromatic carbocycles. The van der Waals surface area contributed by atoms with Crippen molar-refractivity contribution in [3.63, 3.8) is 0 Å². The maximum Gasteiger partial charge on any atom is 0.337 e. The van der Waals surface area contributed by atoms with E-state index in [1.54, 1.807) is 29.8 Å². The van der Waals surface area contributed by atoms with Crippen LogP contribution in [0.4, 0.5) is 0 Å². The van der Waals surface area contributed by atoms with Crippen molar-refractivity contribution in [2.75, 3.05) is 0 Å². The summed E-state index contributed by atoms with van der Waals surface area (Å²) in [5, 5.41) is 11.2. The summed E-state index contributed by atoms with van der Waals surface area (Å²) in [5.41, 5.74) is 1.63. The first-order valence-electron chi connectivity index (χ1n) is 5.90. The Bertz CT molecular complexity index is 731. The number of carboxylic acids is 1. The minimum absolute atomic E-state index is 0.147. The van der Waals surface area contributed by atoms with Crippen LogP contribution in [-0.4, -0.2) is 20.6 Å². The number of carboxylic acid groups (broad SMARTS) is 1. The highest BCUT2D eigenvalue weighted by atomic mass is 32.1. The molecule has 4 nitrogen and oxygen atoms in total. The summed E-state index contributed by atoms with van der Waals surface area (Å²) in [7, 11) is 0. The lowest BCUT2D eigenvalue weighted by molar-refractivity contribution is 0.0699. The van der Waals surface area contributed by atoms with Gasteiger partial charge in [0.05, 0.1) is 23.4 Å². The van der Waals surface area contributed by atoms with Crippen molar-refractivity contribution in [3.05, 3.63) is 52.5 Å². The van der Waals surface area contributed by atoms with Crippen LogP contribution in [0.1, 0.15) is 28.2 Å². The zero-order valence-electron chi connectivity index (χ0n) is 10.3. The van der Waals surface area contributed by atoms with E-state index in [2.05, 4.69) is 18.0 Å². The molecule has 1 N–H and O–H groups in total. The summed E-state index contributed by atoms with van der Waals surface area (Å²) < 4.78 is 2.01. The smallest absolute Gasteiger partial charge is 0.337 e. The second-order valence-corrected chi connectivity index (χ2v) is 5.30. The minimum Gasteiger partial charge on any atom is -0.478 e. The number of benzene rings is 1. The molecule has 2 aromatic heterocycles. The SMILES string of the molecule is CC(c1cccs1)n1cnc2c(C(=O)O)cccc21. The Balaban J connectivity index is 2.16. The first-order chi connectivity index (χ1) is 9.18. The molecule has 3 aromatic rings. The molecule has 0 radical (unpaired) electrons. The summed E-state index contributed by atoms with van der Waals surface area (Å²) >= 11 is 1.68. The fourth-order valence-electron chi connectivity index (χ4n) is 2.20. The lowest BCUT2D eigenvalue weighted by Crippen LogP contribution is -2.04. The molecule has 96 valence electrons. The Morgan fingerprint density at radius 1 is 1.37 bits per heavy atom. The normalized spacial score (nSPS) is 12.7. The molecule has 0 amide bonds. The molecule has 0 saturated carbocycles. The summed E-state index contributed by atoms with van der Waals surface area (Å²) in [6.07, 6.45) is 1.71. The van der Waals surface area contributed by atoms with E-state index >= 15 is 0 Å². The highest BCUT2D eigenvalue weighted by Gasteiger charge is 2.16. The maximum absolute atomic E-state index is 11.2. The molecule has 0 saturated heterocycles. The van der Waals surface area contributed by atoms with Gasteiger partial charge in [0, 0.05) is 4.88 Å². The number of hydrogen-bond donors (Lipinski definition) is 1. The molecule has 0 aliphatic rings. The Hall–Kier alpha value is -2.14. The number of carbonyl (C=O) groups is 1. The van der Waals surface area contributed by atoms with Crippen molar-refractivity contribution >= 4 is 28.3 Å². The van der Waals surface area contributed by atoms with E-state index in [0.717, 1.165) is 5.52 Å². The Labute approximate surface area is 113 Å². The van der Waals surface area contributed by atoms with Crippen molar-refractivity contribution < 1.29 is 9.90 Å². The number of thiophene rings is 1. The molecule has 5 heteroatoms. The molecule has 0 fully saturated rings. The van der Waals surface area contributed by atoms with Crippen LogP contribution in [0.25, 0.3) is 11.0 Å². The van der Waals surface area contributed by atoms with Crippen LogP contribution in [0, 0.1) is 0 Å². The zero-order chi connectivity index (χ0) is 13.4. The highest BCUT2D eigenvalue weighted by molar-refractivity contribution is 7.10. The minimum atomic E-state index is -0.945. The van der Waals surface area contributed by atoms with E-state index in [-0.39, 0.29) is 11.6 Å². The quantitative estimate of drug-likeness (QED) is 0.795. The van der Waals surface area contributed by atoms with Gasteiger partial charge in [-0.15, -0.1) is 11.3 Å². The van der Waals surface area contributed by atoms with E-state index < -0.39 is 5.97 Å². The van der Waals surface area contributed by atoms with E-state index in [9.17, 15) is 4.79 Å². The number of fused-ring (bicyclic) bond motifs is 1. The van der Waals surface area contributed by atoms with Gasteiger partial charge in [-0.25, -0.2) is 9.78 Å². The lowest BCUT2D eigenvalue weighted by atomic mass is 10.1. The molecule has 0 bridgehead atoms. The van der Waals surface area contributed by atoms with Gasteiger partial charge in [-0.05, 0) is 30.5 Å². The molecule has 0 spiro atoms. The van der Waals surface area contributed by atoms with E-state index in [0.29, 0.717) is 5.52 Å². The predicted octanol–water partition coefficient (Wildman–Crippen LogP) is 3.41. The molecule has 2 heterocycles. The summed E-state index contributed by atoms with van der Waals surface area (Å²) in [6, 6.07) is 9.47. The summed E-state index contributed by atoms with van der Waals surface area (Å²) in [5.74, 6) is -0.945. The maximum atomic E-state index is 11.2. The molecule has 1 atom stereocenters. The first kappa shape index (κ1) is 11.9. The molecule has 0 aliphatic heterocycles. The average molecular weight is 272 g/mol. The molecule has 3 rings (SSSR count). The van der Waals surface area contributed by atoms with Gasteiger partial charge in [0.1, 0.15) is 5.52 Å². The zero-order valence-corrected chi connectivity index (χ0v) is 11.1. The third-order valence-electron chi connectivity index (χ3n) is 3.21. The largest absolute Gasteiger partial charge is 0.478 e. The van der Waals surface area contributed by atoms with Crippen molar-refractivity contribution in [2.24, 2.45) is 0 Å². The number of rotatable bonds is 3. The second-order valence-electron chi connectivity index (χ2n) is 4.32. The van der Waals surface area contributed by atoms with Gasteiger partial charge in [0.15, 0.2) is 0 Å². The Morgan fingerprint density at radius 3 is 2.89 bits per heavy atom. The number of aromatic nitrogens is 2. The monoisotopic (exact) mass is 272 g/mol. The van der Waals surface area contributed by atoms with Crippen LogP contribution in [0.15, 0.2) is 42.0 Å². The number of imidazole rings is 1. The number of nitrogens with zero attached hydrogens (tertiary/aromatic N) is 2. The molecular formula is C14H12N2O2S. The second kappa shape index (κ2) is 4.51. The number of aromatic carboxylic acids is 1. The number of hydrogen-bond acceptors (Lipinski definition) is 3. The Kier molecular flexibility index (Phi) is 2.83. The van der Waals surface area contributed by atoms with Crippen LogP contribution < -0.4 is 0 Å². The summed E-state index contributed by atoms with van der Waals surface area (Å²) in [6.45, 7) is 2.08. The van der Waals surface area contributed by atoms with Gasteiger partial charge < -0.3 is 9.67 Å². The van der Waals surface area contributed by atoms with Gasteiger partial charge in [-0.1, -0.05) is 12.1 Å². The highest BCUT2D eigenvalue weighted by Crippen LogP contribution is 2.27. The van der Waals surface area contributed by atoms with Crippen LogP contribution in [-0.2, 0) is 0 Å². The number of para-hydroxylation sites is 1. The van der Waals surface area contributed by atoms with E-state index in [4.69, 9.17) is 5.11 Å². The van der Waals surface area contributed by atoms with Gasteiger partial charge in [-0.3, -0.25) is 0 Å². The van der Waals surface area contributed by atoms with Gasteiger partial charge in [-0.2, -0.15) is 0 Å². The lowest BCUT2D eigenvalue weighted by Gasteiger charge is -2.12. The van der Waals surface area contributed by atoms with Gasteiger partial charge >= 0.3 is 5.97 Å². The van der Waals surface area contributed by atoms with E-state index in [1.165, 1.54) is 4.88 Å². The average Bonchev–Trinajstić information content (AvgIpc) is 3.06. The van der Waals surface area contributed by atoms with Crippen molar-refractivity contribution in [1.82, 2.24) is 9.55 Å². The van der Waals surface area contributed by atoms with Crippen molar-refractivity contribution in [2.45, 2.75) is 13.0 Å². The Morgan fingerprint density at radius 2 is 2.21 bits per heavy atom. The van der Waals surface area contributed by atoms with Crippen LogP contribution in [0.3, 0.4) is 0 Å². The van der Waals surface area contributed by atoms with Crippen LogP contribution in [0.2, 0.25) is 0 Å². The van der Waals surface area contributed by atoms with Gasteiger partial charge in [0.2, 0.25) is 0 Å². The topological polar surface area (TPSA) is 55.1 Å². The molecule has 1 unspecified atom stereocenters. The van der Waals surface area contributed by atoms with Crippen LogP contribution in [0.5, 0.6) is 0 Å². The fraction of sp³-hybridized carbons (Fsp3) is 0.143. The fourth-order valence-corrected chi connectivity index (χ4v) is 2.99. The summed E-state index contributed by atoms with van der Waals surface area (Å²) in [4.78, 5) is 16.7. The van der Waals surface area contributed by atoms with Gasteiger partial charge in [0.25, 0.3) is 0 Å². The molecule has 0 aliphatic carbocycles. The molecule has 19 heavy (non-hydrogen) atoms. The third-order valence-corrected chi connectivity index (χ3v) is 4.25. The molecular weight excluding hydrogens is 260 g/mol. The third kappa shape index (κ3) is 1.92. The van der Waals surface area contributed by atoms with Crippen molar-refractivity contribution in [3.8, 4) is 0 Å². The first-order valence-corrected chi connectivity index (χ1v) is 6.78. The van der Waals surface area contributed by atoms with E-state index in [1.807, 2.05) is 22.1 Å². The van der Waals surface area contributed by atoms with Crippen molar-refractivity contribution in [1.29, 1.82) is 0 Å². The van der Waals surface area contributed by atoms with Crippen LogP contribution >= 0.6 is 11.3 Å².